The molecule has 1 unspecified atom stereocenters. The van der Waals surface area contributed by atoms with E-state index in [9.17, 15) is 13.6 Å². The molecule has 0 fully saturated rings. The Labute approximate surface area is 123 Å². The second-order valence-corrected chi connectivity index (χ2v) is 4.39. The molecular weight excluding hydrogens is 290 g/mol. The molecule has 0 saturated heterocycles. The van der Waals surface area contributed by atoms with E-state index in [0.29, 0.717) is 12.0 Å². The van der Waals surface area contributed by atoms with E-state index in [1.165, 1.54) is 6.07 Å². The number of hydrogen-bond donors (Lipinski definition) is 2. The lowest BCUT2D eigenvalue weighted by Crippen LogP contribution is -2.20. The molecule has 1 amide bonds. The lowest BCUT2D eigenvalue weighted by Gasteiger charge is -2.14. The summed E-state index contributed by atoms with van der Waals surface area (Å²) in [5.41, 5.74) is 6.49. The van der Waals surface area contributed by atoms with Crippen molar-refractivity contribution in [3.8, 4) is 5.75 Å². The molecule has 0 spiro atoms. The zero-order valence-electron chi connectivity index (χ0n) is 11.4. The van der Waals surface area contributed by atoms with Gasteiger partial charge in [0.25, 0.3) is 0 Å². The maximum atomic E-state index is 12.3. The van der Waals surface area contributed by atoms with E-state index in [0.717, 1.165) is 0 Å². The fourth-order valence-electron chi connectivity index (χ4n) is 1.56. The molecule has 3 N–H and O–H groups in total. The fourth-order valence-corrected chi connectivity index (χ4v) is 1.56. The predicted molar refractivity (Wildman–Crippen MR) is 76.6 cm³/mol. The normalized spacial score (nSPS) is 11.7. The minimum Gasteiger partial charge on any atom is -0.433 e. The summed E-state index contributed by atoms with van der Waals surface area (Å²) in [6.07, 6.45) is 0.767. The average Bonchev–Trinajstić information content (AvgIpc) is 2.30. The van der Waals surface area contributed by atoms with Gasteiger partial charge in [0.15, 0.2) is 0 Å². The topological polar surface area (TPSA) is 64.3 Å². The van der Waals surface area contributed by atoms with Crippen LogP contribution in [0.15, 0.2) is 18.2 Å². The molecule has 0 aliphatic rings. The van der Waals surface area contributed by atoms with Crippen LogP contribution in [0.25, 0.3) is 0 Å². The van der Waals surface area contributed by atoms with Crippen LogP contribution >= 0.6 is 12.4 Å². The molecule has 0 aromatic heterocycles. The van der Waals surface area contributed by atoms with Crippen molar-refractivity contribution in [2.75, 3.05) is 5.32 Å². The molecular formula is C13H19ClF2N2O2. The summed E-state index contributed by atoms with van der Waals surface area (Å²) >= 11 is 0. The third kappa shape index (κ3) is 6.16. The number of anilines is 1. The molecule has 4 nitrogen and oxygen atoms in total. The van der Waals surface area contributed by atoms with Crippen molar-refractivity contribution in [3.63, 3.8) is 0 Å². The summed E-state index contributed by atoms with van der Waals surface area (Å²) in [5, 5.41) is 2.59. The Kier molecular flexibility index (Phi) is 8.10. The highest BCUT2D eigenvalue weighted by Crippen LogP contribution is 2.29. The fraction of sp³-hybridized carbons (Fsp3) is 0.462. The predicted octanol–water partition coefficient (Wildman–Crippen LogP) is 3.08. The van der Waals surface area contributed by atoms with Crippen LogP contribution in [0.5, 0.6) is 5.75 Å². The Morgan fingerprint density at radius 3 is 2.65 bits per heavy atom. The number of hydrogen-bond acceptors (Lipinski definition) is 3. The number of alkyl halides is 2. The lowest BCUT2D eigenvalue weighted by molar-refractivity contribution is -0.116. The van der Waals surface area contributed by atoms with Gasteiger partial charge in [-0.25, -0.2) is 0 Å². The maximum Gasteiger partial charge on any atom is 0.387 e. The Balaban J connectivity index is 0.00000361. The molecule has 1 aromatic rings. The summed E-state index contributed by atoms with van der Waals surface area (Å²) < 4.78 is 28.9. The second-order valence-electron chi connectivity index (χ2n) is 4.39. The minimum atomic E-state index is -2.93. The summed E-state index contributed by atoms with van der Waals surface area (Å²) in [7, 11) is 0. The average molecular weight is 309 g/mol. The van der Waals surface area contributed by atoms with Gasteiger partial charge in [0, 0.05) is 12.5 Å². The standard InChI is InChI=1S/C13H18F2N2O2.ClH/c1-8-4-3-5-10(19-13(14)15)12(8)17-11(18)7-6-9(2)16;/h3-5,9,13H,6-7,16H2,1-2H3,(H,17,18);1H. The van der Waals surface area contributed by atoms with Gasteiger partial charge in [-0.05, 0) is 31.9 Å². The molecule has 7 heteroatoms. The van der Waals surface area contributed by atoms with Gasteiger partial charge < -0.3 is 15.8 Å². The second kappa shape index (κ2) is 8.71. The minimum absolute atomic E-state index is 0. The third-order valence-corrected chi connectivity index (χ3v) is 2.54. The van der Waals surface area contributed by atoms with E-state index in [-0.39, 0.29) is 42.2 Å². The number of para-hydroxylation sites is 1. The Morgan fingerprint density at radius 2 is 2.10 bits per heavy atom. The van der Waals surface area contributed by atoms with E-state index < -0.39 is 6.61 Å². The quantitative estimate of drug-likeness (QED) is 0.849. The van der Waals surface area contributed by atoms with E-state index >= 15 is 0 Å². The zero-order valence-corrected chi connectivity index (χ0v) is 12.2. The first-order chi connectivity index (χ1) is 8.90. The highest BCUT2D eigenvalue weighted by Gasteiger charge is 2.14. The van der Waals surface area contributed by atoms with Crippen LogP contribution in [-0.4, -0.2) is 18.6 Å². The number of rotatable bonds is 6. The monoisotopic (exact) mass is 308 g/mol. The summed E-state index contributed by atoms with van der Waals surface area (Å²) in [6, 6.07) is 4.60. The SMILES string of the molecule is Cc1cccc(OC(F)F)c1NC(=O)CCC(C)N.Cl. The van der Waals surface area contributed by atoms with Crippen molar-refractivity contribution in [1.29, 1.82) is 0 Å². The number of ether oxygens (including phenoxy) is 1. The molecule has 0 bridgehead atoms. The van der Waals surface area contributed by atoms with Crippen LogP contribution in [0.2, 0.25) is 0 Å². The Morgan fingerprint density at radius 1 is 1.45 bits per heavy atom. The van der Waals surface area contributed by atoms with Gasteiger partial charge in [0.1, 0.15) is 5.75 Å². The van der Waals surface area contributed by atoms with Crippen molar-refractivity contribution in [2.24, 2.45) is 5.73 Å². The lowest BCUT2D eigenvalue weighted by atomic mass is 10.1. The molecule has 1 aromatic carbocycles. The van der Waals surface area contributed by atoms with Gasteiger partial charge in [0.2, 0.25) is 5.91 Å². The van der Waals surface area contributed by atoms with Crippen LogP contribution < -0.4 is 15.8 Å². The first kappa shape index (κ1) is 18.6. The molecule has 114 valence electrons. The number of nitrogens with one attached hydrogen (secondary N) is 1. The van der Waals surface area contributed by atoms with Crippen LogP contribution in [-0.2, 0) is 4.79 Å². The number of benzene rings is 1. The molecule has 0 saturated carbocycles. The molecule has 0 heterocycles. The Bertz CT molecular complexity index is 442. The zero-order chi connectivity index (χ0) is 14.4. The highest BCUT2D eigenvalue weighted by atomic mass is 35.5. The third-order valence-electron chi connectivity index (χ3n) is 2.54. The van der Waals surface area contributed by atoms with Crippen molar-refractivity contribution in [2.45, 2.75) is 39.3 Å². The molecule has 0 radical (unpaired) electrons. The highest BCUT2D eigenvalue weighted by molar-refractivity contribution is 5.93. The number of halogens is 3. The molecule has 1 rings (SSSR count). The van der Waals surface area contributed by atoms with Gasteiger partial charge in [-0.1, -0.05) is 12.1 Å². The van der Waals surface area contributed by atoms with Gasteiger partial charge in [-0.3, -0.25) is 4.79 Å². The smallest absolute Gasteiger partial charge is 0.387 e. The van der Waals surface area contributed by atoms with Gasteiger partial charge in [-0.2, -0.15) is 8.78 Å². The summed E-state index contributed by atoms with van der Waals surface area (Å²) in [5.74, 6) is -0.310. The van der Waals surface area contributed by atoms with E-state index in [1.807, 2.05) is 0 Å². The number of carbonyl (C=O) groups excluding carboxylic acids is 1. The number of aryl methyl sites for hydroxylation is 1. The van der Waals surface area contributed by atoms with Crippen LogP contribution in [0.4, 0.5) is 14.5 Å². The Hall–Kier alpha value is -1.40. The molecule has 0 aliphatic heterocycles. The van der Waals surface area contributed by atoms with Crippen LogP contribution in [0.1, 0.15) is 25.3 Å². The van der Waals surface area contributed by atoms with E-state index in [2.05, 4.69) is 10.1 Å². The molecule has 0 aliphatic carbocycles. The van der Waals surface area contributed by atoms with Gasteiger partial charge in [-0.15, -0.1) is 12.4 Å². The molecule has 1 atom stereocenters. The van der Waals surface area contributed by atoms with E-state index in [1.54, 1.807) is 26.0 Å². The number of carbonyl (C=O) groups is 1. The van der Waals surface area contributed by atoms with Gasteiger partial charge >= 0.3 is 6.61 Å². The summed E-state index contributed by atoms with van der Waals surface area (Å²) in [6.45, 7) is 0.577. The first-order valence-electron chi connectivity index (χ1n) is 6.00. The van der Waals surface area contributed by atoms with Crippen molar-refractivity contribution < 1.29 is 18.3 Å². The van der Waals surface area contributed by atoms with E-state index in [4.69, 9.17) is 5.73 Å². The van der Waals surface area contributed by atoms with Crippen LogP contribution in [0.3, 0.4) is 0 Å². The number of nitrogens with two attached hydrogens (primary N) is 1. The van der Waals surface area contributed by atoms with Crippen molar-refractivity contribution in [1.82, 2.24) is 0 Å². The number of amides is 1. The van der Waals surface area contributed by atoms with Crippen molar-refractivity contribution >= 4 is 24.0 Å². The molecule has 20 heavy (non-hydrogen) atoms. The van der Waals surface area contributed by atoms with Gasteiger partial charge in [0.05, 0.1) is 5.69 Å². The van der Waals surface area contributed by atoms with Crippen molar-refractivity contribution in [3.05, 3.63) is 23.8 Å². The largest absolute Gasteiger partial charge is 0.433 e. The first-order valence-corrected chi connectivity index (χ1v) is 6.00. The van der Waals surface area contributed by atoms with Crippen LogP contribution in [0, 0.1) is 6.92 Å². The maximum absolute atomic E-state index is 12.3. The summed E-state index contributed by atoms with van der Waals surface area (Å²) in [4.78, 5) is 11.7.